The number of hydrogen-bond acceptors (Lipinski definition) is 7. The maximum absolute atomic E-state index is 12.9. The summed E-state index contributed by atoms with van der Waals surface area (Å²) in [5.74, 6) is 2.30. The van der Waals surface area contributed by atoms with Crippen LogP contribution in [0.4, 0.5) is 0 Å². The largest absolute Gasteiger partial charge is 0.486 e. The van der Waals surface area contributed by atoms with Crippen LogP contribution < -0.4 is 14.8 Å². The number of aromatic nitrogens is 4. The number of thioether (sulfide) groups is 1. The normalized spacial score (nSPS) is 14.1. The fourth-order valence-electron chi connectivity index (χ4n) is 4.01. The summed E-state index contributed by atoms with van der Waals surface area (Å²) in [5, 5.41) is 8.38. The summed E-state index contributed by atoms with van der Waals surface area (Å²) in [4.78, 5) is 21.9. The SMILES string of the molecule is CSc1nc2nc(C)c(CCC(=O)NC(c3ccc4c(c3)OCCO4)C(C)C)c(C)n2n1. The predicted molar refractivity (Wildman–Crippen MR) is 124 cm³/mol. The molecule has 2 aromatic heterocycles. The number of aryl methyl sites for hydroxylation is 2. The Labute approximate surface area is 192 Å². The van der Waals surface area contributed by atoms with Crippen LogP contribution >= 0.6 is 11.8 Å². The van der Waals surface area contributed by atoms with Crippen molar-refractivity contribution in [2.45, 2.75) is 51.7 Å². The van der Waals surface area contributed by atoms with Crippen LogP contribution in [0.1, 0.15) is 48.8 Å². The van der Waals surface area contributed by atoms with E-state index in [9.17, 15) is 4.79 Å². The summed E-state index contributed by atoms with van der Waals surface area (Å²) < 4.78 is 13.1. The zero-order valence-electron chi connectivity index (χ0n) is 19.1. The molecule has 0 radical (unpaired) electrons. The first kappa shape index (κ1) is 22.4. The molecule has 1 aromatic carbocycles. The van der Waals surface area contributed by atoms with E-state index in [2.05, 4.69) is 34.2 Å². The van der Waals surface area contributed by atoms with Crippen LogP contribution in [0.3, 0.4) is 0 Å². The fourth-order valence-corrected chi connectivity index (χ4v) is 4.35. The number of nitrogens with one attached hydrogen (secondary N) is 1. The Morgan fingerprint density at radius 2 is 1.94 bits per heavy atom. The van der Waals surface area contributed by atoms with E-state index < -0.39 is 0 Å². The molecular formula is C23H29N5O3S. The predicted octanol–water partition coefficient (Wildman–Crippen LogP) is 3.68. The molecule has 0 aliphatic carbocycles. The van der Waals surface area contributed by atoms with Gasteiger partial charge in [-0.3, -0.25) is 4.79 Å². The average molecular weight is 456 g/mol. The number of amides is 1. The quantitative estimate of drug-likeness (QED) is 0.544. The molecule has 1 unspecified atom stereocenters. The van der Waals surface area contributed by atoms with Crippen LogP contribution in [-0.2, 0) is 11.2 Å². The second-order valence-corrected chi connectivity index (χ2v) is 9.04. The number of carbonyl (C=O) groups excluding carboxylic acids is 1. The zero-order valence-corrected chi connectivity index (χ0v) is 20.0. The Kier molecular flexibility index (Phi) is 6.55. The van der Waals surface area contributed by atoms with Crippen molar-refractivity contribution in [3.05, 3.63) is 40.7 Å². The highest BCUT2D eigenvalue weighted by Crippen LogP contribution is 2.34. The molecule has 3 aromatic rings. The van der Waals surface area contributed by atoms with Crippen molar-refractivity contribution < 1.29 is 14.3 Å². The molecule has 1 aliphatic heterocycles. The van der Waals surface area contributed by atoms with Gasteiger partial charge in [0.25, 0.3) is 5.78 Å². The molecule has 0 saturated heterocycles. The summed E-state index contributed by atoms with van der Waals surface area (Å²) in [6.07, 6.45) is 2.90. The van der Waals surface area contributed by atoms with Crippen LogP contribution in [0.2, 0.25) is 0 Å². The summed E-state index contributed by atoms with van der Waals surface area (Å²) >= 11 is 1.49. The van der Waals surface area contributed by atoms with Crippen LogP contribution in [0.25, 0.3) is 5.78 Å². The van der Waals surface area contributed by atoms with Gasteiger partial charge in [0.1, 0.15) is 13.2 Å². The number of ether oxygens (including phenoxy) is 2. The molecule has 170 valence electrons. The van der Waals surface area contributed by atoms with Crippen molar-refractivity contribution in [3.63, 3.8) is 0 Å². The van der Waals surface area contributed by atoms with Gasteiger partial charge < -0.3 is 14.8 Å². The molecule has 0 spiro atoms. The Bertz CT molecular complexity index is 1140. The minimum absolute atomic E-state index is 0.000814. The summed E-state index contributed by atoms with van der Waals surface area (Å²) in [7, 11) is 0. The van der Waals surface area contributed by atoms with Gasteiger partial charge in [0.05, 0.1) is 6.04 Å². The van der Waals surface area contributed by atoms with Gasteiger partial charge in [-0.2, -0.15) is 4.98 Å². The monoisotopic (exact) mass is 455 g/mol. The first-order valence-electron chi connectivity index (χ1n) is 10.8. The average Bonchev–Trinajstić information content (AvgIpc) is 3.20. The van der Waals surface area contributed by atoms with Crippen molar-refractivity contribution in [1.82, 2.24) is 24.9 Å². The lowest BCUT2D eigenvalue weighted by Gasteiger charge is -2.25. The Balaban J connectivity index is 1.48. The van der Waals surface area contributed by atoms with Gasteiger partial charge >= 0.3 is 0 Å². The Morgan fingerprint density at radius 1 is 1.19 bits per heavy atom. The molecule has 8 nitrogen and oxygen atoms in total. The van der Waals surface area contributed by atoms with Crippen molar-refractivity contribution in [2.75, 3.05) is 19.5 Å². The molecule has 1 aliphatic rings. The van der Waals surface area contributed by atoms with Crippen molar-refractivity contribution >= 4 is 23.4 Å². The lowest BCUT2D eigenvalue weighted by molar-refractivity contribution is -0.122. The molecule has 9 heteroatoms. The molecule has 4 rings (SSSR count). The Morgan fingerprint density at radius 3 is 2.66 bits per heavy atom. The number of nitrogens with zero attached hydrogens (tertiary/aromatic N) is 4. The van der Waals surface area contributed by atoms with E-state index in [1.54, 1.807) is 4.52 Å². The smallest absolute Gasteiger partial charge is 0.253 e. The maximum atomic E-state index is 12.9. The molecule has 32 heavy (non-hydrogen) atoms. The number of hydrogen-bond donors (Lipinski definition) is 1. The van der Waals surface area contributed by atoms with Crippen LogP contribution in [0, 0.1) is 19.8 Å². The van der Waals surface area contributed by atoms with Gasteiger partial charge in [-0.15, -0.1) is 5.10 Å². The van der Waals surface area contributed by atoms with Crippen molar-refractivity contribution in [2.24, 2.45) is 5.92 Å². The topological polar surface area (TPSA) is 90.6 Å². The first-order valence-corrected chi connectivity index (χ1v) is 12.1. The lowest BCUT2D eigenvalue weighted by Crippen LogP contribution is -2.32. The van der Waals surface area contributed by atoms with Gasteiger partial charge in [-0.1, -0.05) is 31.7 Å². The summed E-state index contributed by atoms with van der Waals surface area (Å²) in [5.41, 5.74) is 3.90. The third-order valence-electron chi connectivity index (χ3n) is 5.72. The van der Waals surface area contributed by atoms with E-state index in [4.69, 9.17) is 9.47 Å². The van der Waals surface area contributed by atoms with Gasteiger partial charge in [-0.25, -0.2) is 9.50 Å². The maximum Gasteiger partial charge on any atom is 0.253 e. The second-order valence-electron chi connectivity index (χ2n) is 8.26. The van der Waals surface area contributed by atoms with Crippen LogP contribution in [-0.4, -0.2) is 45.0 Å². The summed E-state index contributed by atoms with van der Waals surface area (Å²) in [6.45, 7) is 9.25. The van der Waals surface area contributed by atoms with E-state index in [-0.39, 0.29) is 17.9 Å². The molecule has 1 N–H and O–H groups in total. The van der Waals surface area contributed by atoms with Gasteiger partial charge in [0, 0.05) is 17.8 Å². The minimum atomic E-state index is -0.111. The highest BCUT2D eigenvalue weighted by Gasteiger charge is 2.22. The number of rotatable bonds is 7. The summed E-state index contributed by atoms with van der Waals surface area (Å²) in [6, 6.07) is 5.78. The third kappa shape index (κ3) is 4.53. The van der Waals surface area contributed by atoms with Gasteiger partial charge in [0.15, 0.2) is 11.5 Å². The van der Waals surface area contributed by atoms with E-state index in [0.29, 0.717) is 37.0 Å². The number of benzene rings is 1. The molecule has 0 fully saturated rings. The highest BCUT2D eigenvalue weighted by atomic mass is 32.2. The minimum Gasteiger partial charge on any atom is -0.486 e. The van der Waals surface area contributed by atoms with Crippen LogP contribution in [0.5, 0.6) is 11.5 Å². The van der Waals surface area contributed by atoms with E-state index >= 15 is 0 Å². The molecule has 1 amide bonds. The van der Waals surface area contributed by atoms with E-state index in [1.807, 2.05) is 38.3 Å². The molecule has 3 heterocycles. The molecule has 0 saturated carbocycles. The number of fused-ring (bicyclic) bond motifs is 2. The van der Waals surface area contributed by atoms with Crippen molar-refractivity contribution in [1.29, 1.82) is 0 Å². The van der Waals surface area contributed by atoms with E-state index in [1.165, 1.54) is 11.8 Å². The molecular weight excluding hydrogens is 426 g/mol. The van der Waals surface area contributed by atoms with E-state index in [0.717, 1.165) is 34.0 Å². The Hall–Kier alpha value is -2.81. The highest BCUT2D eigenvalue weighted by molar-refractivity contribution is 7.98. The van der Waals surface area contributed by atoms with Crippen molar-refractivity contribution in [3.8, 4) is 11.5 Å². The standard InChI is InChI=1S/C23H29N5O3S/c1-13(2)21(16-6-8-18-19(12-16)31-11-10-30-18)25-20(29)9-7-17-14(3)24-22-26-23(32-5)27-28(22)15(17)4/h6,8,12-13,21H,7,9-11H2,1-5H3,(H,25,29). The lowest BCUT2D eigenvalue weighted by atomic mass is 9.95. The second kappa shape index (κ2) is 9.36. The third-order valence-corrected chi connectivity index (χ3v) is 6.26. The molecule has 0 bridgehead atoms. The first-order chi connectivity index (χ1) is 15.4. The zero-order chi connectivity index (χ0) is 22.8. The molecule has 1 atom stereocenters. The van der Waals surface area contributed by atoms with Gasteiger partial charge in [-0.05, 0) is 55.7 Å². The van der Waals surface area contributed by atoms with Gasteiger partial charge in [0.2, 0.25) is 11.1 Å². The van der Waals surface area contributed by atoms with Crippen LogP contribution in [0.15, 0.2) is 23.4 Å². The fraction of sp³-hybridized carbons (Fsp3) is 0.478. The number of carbonyl (C=O) groups is 1.